The third-order valence-electron chi connectivity index (χ3n) is 3.27. The van der Waals surface area contributed by atoms with Gasteiger partial charge in [0.25, 0.3) is 5.91 Å². The van der Waals surface area contributed by atoms with E-state index in [1.165, 1.54) is 5.56 Å². The molecule has 1 fully saturated rings. The molecule has 1 heterocycles. The van der Waals surface area contributed by atoms with Crippen LogP contribution in [0.5, 0.6) is 0 Å². The van der Waals surface area contributed by atoms with Crippen molar-refractivity contribution in [3.63, 3.8) is 0 Å². The van der Waals surface area contributed by atoms with Crippen LogP contribution in [-0.4, -0.2) is 36.5 Å². The topological polar surface area (TPSA) is 32.3 Å². The van der Waals surface area contributed by atoms with Crippen molar-refractivity contribution >= 4 is 18.3 Å². The highest BCUT2D eigenvalue weighted by atomic mass is 35.5. The molecule has 1 aliphatic rings. The van der Waals surface area contributed by atoms with Gasteiger partial charge in [0, 0.05) is 31.2 Å². The number of carbonyl (C=O) groups is 1. The van der Waals surface area contributed by atoms with Gasteiger partial charge >= 0.3 is 0 Å². The van der Waals surface area contributed by atoms with Crippen LogP contribution in [0.15, 0.2) is 18.2 Å². The second-order valence-corrected chi connectivity index (χ2v) is 4.92. The molecule has 1 unspecified atom stereocenters. The van der Waals surface area contributed by atoms with E-state index in [2.05, 4.69) is 18.3 Å². The normalized spacial score (nSPS) is 19.3. The van der Waals surface area contributed by atoms with Crippen LogP contribution in [0.4, 0.5) is 0 Å². The fourth-order valence-electron chi connectivity index (χ4n) is 2.34. The van der Waals surface area contributed by atoms with E-state index in [-0.39, 0.29) is 18.3 Å². The Bertz CT molecular complexity index is 434. The Hall–Kier alpha value is -1.06. The molecule has 0 radical (unpaired) electrons. The van der Waals surface area contributed by atoms with E-state index in [4.69, 9.17) is 0 Å². The molecule has 1 atom stereocenters. The molecule has 0 bridgehead atoms. The highest BCUT2D eigenvalue weighted by Gasteiger charge is 2.22. The van der Waals surface area contributed by atoms with Crippen LogP contribution in [0, 0.1) is 13.8 Å². The number of rotatable bonds is 1. The van der Waals surface area contributed by atoms with E-state index in [0.717, 1.165) is 30.8 Å². The maximum absolute atomic E-state index is 12.4. The van der Waals surface area contributed by atoms with Crippen molar-refractivity contribution in [3.05, 3.63) is 34.9 Å². The molecule has 1 saturated heterocycles. The average Bonchev–Trinajstić information content (AvgIpc) is 2.28. The van der Waals surface area contributed by atoms with Crippen LogP contribution >= 0.6 is 12.4 Å². The van der Waals surface area contributed by atoms with Gasteiger partial charge in [0.15, 0.2) is 0 Å². The highest BCUT2D eigenvalue weighted by molar-refractivity contribution is 5.95. The van der Waals surface area contributed by atoms with Crippen molar-refractivity contribution in [2.24, 2.45) is 0 Å². The standard InChI is InChI=1S/C14H20N2O.ClH/c1-10-4-5-13(11(2)8-10)14(17)16-7-6-15-12(3)9-16;/h4-5,8,12,15H,6-7,9H2,1-3H3;1H. The van der Waals surface area contributed by atoms with Crippen molar-refractivity contribution in [2.75, 3.05) is 19.6 Å². The largest absolute Gasteiger partial charge is 0.336 e. The van der Waals surface area contributed by atoms with Gasteiger partial charge in [-0.2, -0.15) is 0 Å². The van der Waals surface area contributed by atoms with Crippen LogP contribution in [0.2, 0.25) is 0 Å². The van der Waals surface area contributed by atoms with Crippen LogP contribution in [0.25, 0.3) is 0 Å². The molecule has 3 nitrogen and oxygen atoms in total. The van der Waals surface area contributed by atoms with Gasteiger partial charge in [0.05, 0.1) is 0 Å². The average molecular weight is 269 g/mol. The van der Waals surface area contributed by atoms with E-state index in [1.807, 2.05) is 30.9 Å². The smallest absolute Gasteiger partial charge is 0.254 e. The number of hydrogen-bond acceptors (Lipinski definition) is 2. The summed E-state index contributed by atoms with van der Waals surface area (Å²) < 4.78 is 0. The minimum Gasteiger partial charge on any atom is -0.336 e. The van der Waals surface area contributed by atoms with E-state index in [9.17, 15) is 4.79 Å². The van der Waals surface area contributed by atoms with Crippen molar-refractivity contribution < 1.29 is 4.79 Å². The molecule has 0 aliphatic carbocycles. The van der Waals surface area contributed by atoms with Gasteiger partial charge < -0.3 is 10.2 Å². The lowest BCUT2D eigenvalue weighted by Crippen LogP contribution is -2.51. The Labute approximate surface area is 115 Å². The van der Waals surface area contributed by atoms with Gasteiger partial charge in [-0.1, -0.05) is 17.7 Å². The fraction of sp³-hybridized carbons (Fsp3) is 0.500. The molecule has 1 N–H and O–H groups in total. The Balaban J connectivity index is 0.00000162. The molecule has 2 rings (SSSR count). The predicted molar refractivity (Wildman–Crippen MR) is 76.5 cm³/mol. The minimum absolute atomic E-state index is 0. The minimum atomic E-state index is 0. The van der Waals surface area contributed by atoms with E-state index >= 15 is 0 Å². The molecule has 18 heavy (non-hydrogen) atoms. The van der Waals surface area contributed by atoms with Crippen LogP contribution < -0.4 is 5.32 Å². The molecule has 0 saturated carbocycles. The summed E-state index contributed by atoms with van der Waals surface area (Å²) in [6, 6.07) is 6.41. The number of piperazine rings is 1. The summed E-state index contributed by atoms with van der Waals surface area (Å²) >= 11 is 0. The molecule has 4 heteroatoms. The summed E-state index contributed by atoms with van der Waals surface area (Å²) in [6.07, 6.45) is 0. The van der Waals surface area contributed by atoms with Gasteiger partial charge in [-0.25, -0.2) is 0 Å². The maximum Gasteiger partial charge on any atom is 0.254 e. The lowest BCUT2D eigenvalue weighted by atomic mass is 10.0. The zero-order valence-corrected chi connectivity index (χ0v) is 12.0. The van der Waals surface area contributed by atoms with Gasteiger partial charge in [0.2, 0.25) is 0 Å². The highest BCUT2D eigenvalue weighted by Crippen LogP contribution is 2.14. The third-order valence-corrected chi connectivity index (χ3v) is 3.27. The number of aryl methyl sites for hydroxylation is 2. The summed E-state index contributed by atoms with van der Waals surface area (Å²) in [7, 11) is 0. The molecule has 0 spiro atoms. The fourth-order valence-corrected chi connectivity index (χ4v) is 2.34. The van der Waals surface area contributed by atoms with Crippen molar-refractivity contribution in [1.29, 1.82) is 0 Å². The number of nitrogens with zero attached hydrogens (tertiary/aromatic N) is 1. The molecule has 1 aromatic rings. The van der Waals surface area contributed by atoms with E-state index < -0.39 is 0 Å². The van der Waals surface area contributed by atoms with Gasteiger partial charge in [0.1, 0.15) is 0 Å². The number of halogens is 1. The molecular formula is C14H21ClN2O. The predicted octanol–water partition coefficient (Wildman–Crippen LogP) is 2.16. The number of nitrogens with one attached hydrogen (secondary N) is 1. The monoisotopic (exact) mass is 268 g/mol. The lowest BCUT2D eigenvalue weighted by Gasteiger charge is -2.32. The maximum atomic E-state index is 12.4. The molecule has 100 valence electrons. The SMILES string of the molecule is Cc1ccc(C(=O)N2CCNC(C)C2)c(C)c1.Cl. The molecule has 0 aromatic heterocycles. The Morgan fingerprint density at radius 3 is 2.72 bits per heavy atom. The summed E-state index contributed by atoms with van der Waals surface area (Å²) in [4.78, 5) is 14.3. The quantitative estimate of drug-likeness (QED) is 0.847. The first-order valence-corrected chi connectivity index (χ1v) is 6.18. The van der Waals surface area contributed by atoms with Crippen LogP contribution in [-0.2, 0) is 0 Å². The number of amides is 1. The summed E-state index contributed by atoms with van der Waals surface area (Å²) in [5.41, 5.74) is 3.11. The summed E-state index contributed by atoms with van der Waals surface area (Å²) in [6.45, 7) is 8.65. The van der Waals surface area contributed by atoms with E-state index in [0.29, 0.717) is 6.04 Å². The van der Waals surface area contributed by atoms with Crippen LogP contribution in [0.1, 0.15) is 28.4 Å². The number of hydrogen-bond donors (Lipinski definition) is 1. The summed E-state index contributed by atoms with van der Waals surface area (Å²) in [5, 5.41) is 3.35. The first kappa shape index (κ1) is 15.0. The zero-order chi connectivity index (χ0) is 12.4. The van der Waals surface area contributed by atoms with Crippen LogP contribution in [0.3, 0.4) is 0 Å². The first-order chi connectivity index (χ1) is 8.08. The molecule has 1 aliphatic heterocycles. The third kappa shape index (κ3) is 3.24. The van der Waals surface area contributed by atoms with Gasteiger partial charge in [-0.05, 0) is 32.4 Å². The van der Waals surface area contributed by atoms with Gasteiger partial charge in [-0.15, -0.1) is 12.4 Å². The number of benzene rings is 1. The lowest BCUT2D eigenvalue weighted by molar-refractivity contribution is 0.0708. The zero-order valence-electron chi connectivity index (χ0n) is 11.2. The second kappa shape index (κ2) is 6.21. The number of carbonyl (C=O) groups excluding carboxylic acids is 1. The Morgan fingerprint density at radius 2 is 2.11 bits per heavy atom. The van der Waals surface area contributed by atoms with Gasteiger partial charge in [-0.3, -0.25) is 4.79 Å². The first-order valence-electron chi connectivity index (χ1n) is 6.18. The van der Waals surface area contributed by atoms with Crippen molar-refractivity contribution in [3.8, 4) is 0 Å². The molecule has 1 amide bonds. The van der Waals surface area contributed by atoms with Crippen molar-refractivity contribution in [1.82, 2.24) is 10.2 Å². The summed E-state index contributed by atoms with van der Waals surface area (Å²) in [5.74, 6) is 0.163. The van der Waals surface area contributed by atoms with E-state index in [1.54, 1.807) is 0 Å². The second-order valence-electron chi connectivity index (χ2n) is 4.92. The Morgan fingerprint density at radius 1 is 1.39 bits per heavy atom. The van der Waals surface area contributed by atoms with Crippen molar-refractivity contribution in [2.45, 2.75) is 26.8 Å². The molecule has 1 aromatic carbocycles. The Kier molecular flexibility index (Phi) is 5.17. The molecular weight excluding hydrogens is 248 g/mol.